The van der Waals surface area contributed by atoms with E-state index in [1.165, 1.54) is 15.0 Å². The molecule has 0 bridgehead atoms. The van der Waals surface area contributed by atoms with E-state index in [0.29, 0.717) is 0 Å². The second kappa shape index (κ2) is 2.91. The van der Waals surface area contributed by atoms with Crippen LogP contribution in [0.2, 0.25) is 0 Å². The molecule has 0 radical (unpaired) electrons. The zero-order valence-corrected chi connectivity index (χ0v) is 7.47. The minimum absolute atomic E-state index is 0.768. The molecule has 58 valence electrons. The zero-order valence-electron chi connectivity index (χ0n) is 5.83. The number of hydrogen-bond donors (Lipinski definition) is 2. The fraction of sp³-hybridized carbons (Fsp3) is 0.143. The lowest BCUT2D eigenvalue weighted by Crippen LogP contribution is -2.19. The third kappa shape index (κ3) is 1.30. The van der Waals surface area contributed by atoms with Crippen LogP contribution in [0, 0.1) is 0 Å². The van der Waals surface area contributed by atoms with Gasteiger partial charge in [0.15, 0.2) is 0 Å². The van der Waals surface area contributed by atoms with Gasteiger partial charge in [0.2, 0.25) is 0 Å². The van der Waals surface area contributed by atoms with Crippen molar-refractivity contribution < 1.29 is 0 Å². The van der Waals surface area contributed by atoms with Crippen LogP contribution in [0.4, 0.5) is 0 Å². The van der Waals surface area contributed by atoms with Crippen LogP contribution in [0.3, 0.4) is 0 Å². The molecule has 0 atom stereocenters. The SMILES string of the molecule is NNCc1cc2cscc2s1. The van der Waals surface area contributed by atoms with Crippen LogP contribution < -0.4 is 11.3 Å². The zero-order chi connectivity index (χ0) is 7.68. The van der Waals surface area contributed by atoms with Gasteiger partial charge in [-0.15, -0.1) is 11.3 Å². The number of hydrogen-bond acceptors (Lipinski definition) is 4. The Morgan fingerprint density at radius 3 is 3.09 bits per heavy atom. The first kappa shape index (κ1) is 7.24. The molecule has 3 N–H and O–H groups in total. The summed E-state index contributed by atoms with van der Waals surface area (Å²) < 4.78 is 1.36. The van der Waals surface area contributed by atoms with E-state index in [4.69, 9.17) is 5.84 Å². The number of nitrogens with one attached hydrogen (secondary N) is 1. The first-order valence-corrected chi connectivity index (χ1v) is 5.04. The topological polar surface area (TPSA) is 38.0 Å². The van der Waals surface area contributed by atoms with Crippen molar-refractivity contribution in [1.82, 2.24) is 5.43 Å². The average Bonchev–Trinajstić information content (AvgIpc) is 2.46. The molecule has 0 fully saturated rings. The van der Waals surface area contributed by atoms with Gasteiger partial charge in [-0.2, -0.15) is 11.3 Å². The Morgan fingerprint density at radius 2 is 2.36 bits per heavy atom. The molecule has 0 spiro atoms. The number of fused-ring (bicyclic) bond motifs is 1. The third-order valence-corrected chi connectivity index (χ3v) is 3.50. The standard InChI is InChI=1S/C7H8N2S2/c8-9-2-6-1-5-3-10-4-7(5)11-6/h1,3-4,9H,2,8H2. The summed E-state index contributed by atoms with van der Waals surface area (Å²) in [5.74, 6) is 5.21. The molecular formula is C7H8N2S2. The van der Waals surface area contributed by atoms with Crippen LogP contribution >= 0.6 is 22.7 Å². The highest BCUT2D eigenvalue weighted by Gasteiger charge is 2.00. The molecule has 2 nitrogen and oxygen atoms in total. The van der Waals surface area contributed by atoms with Crippen molar-refractivity contribution in [3.8, 4) is 0 Å². The average molecular weight is 184 g/mol. The maximum Gasteiger partial charge on any atom is 0.0453 e. The minimum atomic E-state index is 0.768. The highest BCUT2D eigenvalue weighted by Crippen LogP contribution is 2.28. The van der Waals surface area contributed by atoms with Crippen molar-refractivity contribution in [3.05, 3.63) is 21.7 Å². The quantitative estimate of drug-likeness (QED) is 0.553. The lowest BCUT2D eigenvalue weighted by atomic mass is 10.4. The van der Waals surface area contributed by atoms with E-state index < -0.39 is 0 Å². The van der Waals surface area contributed by atoms with Crippen molar-refractivity contribution in [2.24, 2.45) is 5.84 Å². The minimum Gasteiger partial charge on any atom is -0.271 e. The smallest absolute Gasteiger partial charge is 0.0453 e. The van der Waals surface area contributed by atoms with E-state index >= 15 is 0 Å². The number of thiophene rings is 2. The van der Waals surface area contributed by atoms with E-state index in [1.807, 2.05) is 0 Å². The van der Waals surface area contributed by atoms with Crippen LogP contribution in [-0.2, 0) is 6.54 Å². The Balaban J connectivity index is 2.42. The summed E-state index contributed by atoms with van der Waals surface area (Å²) in [5.41, 5.74) is 2.65. The fourth-order valence-electron chi connectivity index (χ4n) is 1.02. The van der Waals surface area contributed by atoms with Gasteiger partial charge in [0, 0.05) is 26.9 Å². The van der Waals surface area contributed by atoms with Gasteiger partial charge in [-0.25, -0.2) is 0 Å². The summed E-state index contributed by atoms with van der Waals surface area (Å²) in [6.07, 6.45) is 0. The van der Waals surface area contributed by atoms with Crippen molar-refractivity contribution in [2.45, 2.75) is 6.54 Å². The lowest BCUT2D eigenvalue weighted by molar-refractivity contribution is 0.751. The molecule has 0 amide bonds. The lowest BCUT2D eigenvalue weighted by Gasteiger charge is -1.90. The molecule has 0 saturated carbocycles. The molecule has 0 aliphatic heterocycles. The van der Waals surface area contributed by atoms with E-state index in [-0.39, 0.29) is 0 Å². The molecule has 4 heteroatoms. The Bertz CT molecular complexity index is 321. The highest BCUT2D eigenvalue weighted by molar-refractivity contribution is 7.22. The van der Waals surface area contributed by atoms with Crippen LogP contribution in [0.25, 0.3) is 10.1 Å². The van der Waals surface area contributed by atoms with Crippen molar-refractivity contribution in [2.75, 3.05) is 0 Å². The van der Waals surface area contributed by atoms with Gasteiger partial charge < -0.3 is 0 Å². The molecule has 0 aromatic carbocycles. The first-order valence-electron chi connectivity index (χ1n) is 3.28. The Morgan fingerprint density at radius 1 is 1.45 bits per heavy atom. The van der Waals surface area contributed by atoms with Crippen LogP contribution in [0.15, 0.2) is 16.8 Å². The molecule has 0 saturated heterocycles. The summed E-state index contributed by atoms with van der Waals surface area (Å²) in [5, 5.41) is 5.66. The largest absolute Gasteiger partial charge is 0.271 e. The Labute approximate surface area is 72.6 Å². The van der Waals surface area contributed by atoms with Gasteiger partial charge in [-0.1, -0.05) is 0 Å². The summed E-state index contributed by atoms with van der Waals surface area (Å²) in [4.78, 5) is 1.30. The number of hydrazine groups is 1. The van der Waals surface area contributed by atoms with Crippen molar-refractivity contribution in [1.29, 1.82) is 0 Å². The fourth-order valence-corrected chi connectivity index (χ4v) is 2.98. The van der Waals surface area contributed by atoms with Gasteiger partial charge in [0.1, 0.15) is 0 Å². The normalized spacial score (nSPS) is 11.0. The maximum absolute atomic E-state index is 5.21. The van der Waals surface area contributed by atoms with Gasteiger partial charge in [0.05, 0.1) is 0 Å². The van der Waals surface area contributed by atoms with Crippen molar-refractivity contribution >= 4 is 32.8 Å². The second-order valence-electron chi connectivity index (χ2n) is 2.28. The molecule has 0 unspecified atom stereocenters. The molecule has 0 aliphatic rings. The second-order valence-corrected chi connectivity index (χ2v) is 4.20. The third-order valence-electron chi connectivity index (χ3n) is 1.49. The Hall–Kier alpha value is -0.420. The summed E-state index contributed by atoms with van der Waals surface area (Å²) in [6, 6.07) is 2.18. The monoisotopic (exact) mass is 184 g/mol. The Kier molecular flexibility index (Phi) is 1.91. The molecule has 2 aromatic heterocycles. The number of rotatable bonds is 2. The van der Waals surface area contributed by atoms with Gasteiger partial charge in [-0.3, -0.25) is 11.3 Å². The molecule has 0 aliphatic carbocycles. The van der Waals surface area contributed by atoms with E-state index in [1.54, 1.807) is 22.7 Å². The molecule has 2 heterocycles. The van der Waals surface area contributed by atoms with Gasteiger partial charge in [-0.05, 0) is 11.4 Å². The molecule has 2 rings (SSSR count). The summed E-state index contributed by atoms with van der Waals surface area (Å²) in [6.45, 7) is 0.768. The van der Waals surface area contributed by atoms with Crippen LogP contribution in [0.1, 0.15) is 4.88 Å². The molecule has 11 heavy (non-hydrogen) atoms. The number of nitrogens with two attached hydrogens (primary N) is 1. The predicted molar refractivity (Wildman–Crippen MR) is 50.7 cm³/mol. The van der Waals surface area contributed by atoms with Crippen LogP contribution in [0.5, 0.6) is 0 Å². The van der Waals surface area contributed by atoms with Crippen molar-refractivity contribution in [3.63, 3.8) is 0 Å². The summed E-state index contributed by atoms with van der Waals surface area (Å²) >= 11 is 3.54. The van der Waals surface area contributed by atoms with Gasteiger partial charge >= 0.3 is 0 Å². The highest BCUT2D eigenvalue weighted by atomic mass is 32.1. The van der Waals surface area contributed by atoms with E-state index in [9.17, 15) is 0 Å². The molecular weight excluding hydrogens is 176 g/mol. The van der Waals surface area contributed by atoms with Crippen LogP contribution in [-0.4, -0.2) is 0 Å². The maximum atomic E-state index is 5.21. The predicted octanol–water partition coefficient (Wildman–Crippen LogP) is 1.93. The molecule has 2 aromatic rings. The van der Waals surface area contributed by atoms with E-state index in [2.05, 4.69) is 22.3 Å². The van der Waals surface area contributed by atoms with E-state index in [0.717, 1.165) is 6.54 Å². The first-order chi connectivity index (χ1) is 5.40. The van der Waals surface area contributed by atoms with Gasteiger partial charge in [0.25, 0.3) is 0 Å². The summed E-state index contributed by atoms with van der Waals surface area (Å²) in [7, 11) is 0.